The van der Waals surface area contributed by atoms with Crippen molar-refractivity contribution in [2.45, 2.75) is 63.1 Å². The highest BCUT2D eigenvalue weighted by molar-refractivity contribution is 7.89. The second-order valence-electron chi connectivity index (χ2n) is 13.1. The Balaban J connectivity index is 1.13. The van der Waals surface area contributed by atoms with Crippen molar-refractivity contribution < 1.29 is 17.6 Å². The van der Waals surface area contributed by atoms with E-state index in [4.69, 9.17) is 0 Å². The predicted octanol–water partition coefficient (Wildman–Crippen LogP) is 4.30. The number of likely N-dealkylation sites (tertiary alicyclic amines) is 1. The molecular formula is C34H43FN6O3S. The Kier molecular flexibility index (Phi) is 8.82. The zero-order chi connectivity index (χ0) is 31.9. The maximum atomic E-state index is 14.5. The molecule has 3 aliphatic heterocycles. The Hall–Kier alpha value is -3.25. The minimum absolute atomic E-state index is 0.00703. The number of amides is 1. The van der Waals surface area contributed by atoms with E-state index in [9.17, 15) is 17.6 Å². The van der Waals surface area contributed by atoms with E-state index in [0.29, 0.717) is 48.0 Å². The minimum atomic E-state index is -3.57. The van der Waals surface area contributed by atoms with Crippen molar-refractivity contribution in [2.75, 3.05) is 45.8 Å². The molecule has 45 heavy (non-hydrogen) atoms. The zero-order valence-electron chi connectivity index (χ0n) is 26.6. The SMILES string of the molecule is Cc1ncnc(C)c1C(=O)N1CCC(C)(N2CCN([C@@H](c3cccc(F)c3)C3CN(S(=O)(=O)c4ccccc4)C3)[C@@H](C)C2)CC1. The minimum Gasteiger partial charge on any atom is -0.338 e. The lowest BCUT2D eigenvalue weighted by Gasteiger charge is -2.55. The van der Waals surface area contributed by atoms with Crippen LogP contribution in [0.4, 0.5) is 4.39 Å². The maximum absolute atomic E-state index is 14.5. The van der Waals surface area contributed by atoms with Gasteiger partial charge in [-0.2, -0.15) is 4.31 Å². The number of nitrogens with zero attached hydrogens (tertiary/aromatic N) is 6. The molecule has 1 amide bonds. The molecule has 1 aromatic heterocycles. The number of carbonyl (C=O) groups excluding carboxylic acids is 1. The van der Waals surface area contributed by atoms with Gasteiger partial charge in [-0.3, -0.25) is 14.6 Å². The number of piperazine rings is 1. The fourth-order valence-electron chi connectivity index (χ4n) is 7.48. The average Bonchev–Trinajstić information content (AvgIpc) is 2.99. The Morgan fingerprint density at radius 3 is 2.22 bits per heavy atom. The first-order valence-electron chi connectivity index (χ1n) is 15.9. The van der Waals surface area contributed by atoms with Crippen molar-refractivity contribution in [3.8, 4) is 0 Å². The van der Waals surface area contributed by atoms with Crippen molar-refractivity contribution in [1.82, 2.24) is 29.0 Å². The van der Waals surface area contributed by atoms with Crippen LogP contribution in [0, 0.1) is 25.6 Å². The largest absolute Gasteiger partial charge is 0.338 e. The number of halogens is 1. The van der Waals surface area contributed by atoms with Gasteiger partial charge in [0.2, 0.25) is 10.0 Å². The number of benzene rings is 2. The Bertz CT molecular complexity index is 1620. The van der Waals surface area contributed by atoms with Crippen LogP contribution in [-0.4, -0.2) is 101 Å². The Morgan fingerprint density at radius 1 is 0.933 bits per heavy atom. The molecule has 3 saturated heterocycles. The molecule has 11 heteroatoms. The van der Waals surface area contributed by atoms with Gasteiger partial charge >= 0.3 is 0 Å². The molecule has 6 rings (SSSR count). The lowest BCUT2D eigenvalue weighted by atomic mass is 9.84. The van der Waals surface area contributed by atoms with Crippen molar-refractivity contribution in [2.24, 2.45) is 5.92 Å². The summed E-state index contributed by atoms with van der Waals surface area (Å²) in [6.45, 7) is 12.9. The van der Waals surface area contributed by atoms with Gasteiger partial charge in [-0.1, -0.05) is 30.3 Å². The van der Waals surface area contributed by atoms with E-state index >= 15 is 0 Å². The molecule has 0 N–H and O–H groups in total. The van der Waals surface area contributed by atoms with Crippen LogP contribution in [0.5, 0.6) is 0 Å². The molecular weight excluding hydrogens is 591 g/mol. The first-order valence-corrected chi connectivity index (χ1v) is 17.3. The molecule has 0 unspecified atom stereocenters. The van der Waals surface area contributed by atoms with Gasteiger partial charge < -0.3 is 4.90 Å². The molecule has 240 valence electrons. The normalized spacial score (nSPS) is 22.6. The van der Waals surface area contributed by atoms with Gasteiger partial charge in [-0.05, 0) is 70.4 Å². The first-order chi connectivity index (χ1) is 21.5. The molecule has 0 bridgehead atoms. The van der Waals surface area contributed by atoms with Crippen molar-refractivity contribution >= 4 is 15.9 Å². The molecule has 0 aliphatic carbocycles. The quantitative estimate of drug-likeness (QED) is 0.383. The van der Waals surface area contributed by atoms with Crippen molar-refractivity contribution in [1.29, 1.82) is 0 Å². The van der Waals surface area contributed by atoms with E-state index in [1.807, 2.05) is 30.9 Å². The molecule has 4 heterocycles. The van der Waals surface area contributed by atoms with Crippen molar-refractivity contribution in [3.05, 3.63) is 89.3 Å². The Labute approximate surface area is 266 Å². The zero-order valence-corrected chi connectivity index (χ0v) is 27.4. The number of hydrogen-bond acceptors (Lipinski definition) is 7. The van der Waals surface area contributed by atoms with E-state index in [1.54, 1.807) is 40.7 Å². The summed E-state index contributed by atoms with van der Waals surface area (Å²) in [5.41, 5.74) is 2.89. The lowest BCUT2D eigenvalue weighted by Crippen LogP contribution is -2.64. The highest BCUT2D eigenvalue weighted by Crippen LogP contribution is 2.41. The summed E-state index contributed by atoms with van der Waals surface area (Å²) in [5, 5.41) is 0. The van der Waals surface area contributed by atoms with Crippen molar-refractivity contribution in [3.63, 3.8) is 0 Å². The summed E-state index contributed by atoms with van der Waals surface area (Å²) in [4.78, 5) is 29.1. The molecule has 2 aromatic carbocycles. The van der Waals surface area contributed by atoms with E-state index in [-0.39, 0.29) is 35.3 Å². The lowest BCUT2D eigenvalue weighted by molar-refractivity contribution is -0.0491. The second kappa shape index (κ2) is 12.5. The molecule has 3 aliphatic rings. The van der Waals surface area contributed by atoms with Gasteiger partial charge in [0, 0.05) is 69.4 Å². The molecule has 2 atom stereocenters. The van der Waals surface area contributed by atoms with Crippen LogP contribution in [0.15, 0.2) is 65.8 Å². The third-order valence-electron chi connectivity index (χ3n) is 10.3. The van der Waals surface area contributed by atoms with Crippen LogP contribution >= 0.6 is 0 Å². The third kappa shape index (κ3) is 6.15. The smallest absolute Gasteiger partial charge is 0.257 e. The van der Waals surface area contributed by atoms with E-state index < -0.39 is 10.0 Å². The predicted molar refractivity (Wildman–Crippen MR) is 171 cm³/mol. The van der Waals surface area contributed by atoms with Crippen LogP contribution in [0.3, 0.4) is 0 Å². The number of sulfonamides is 1. The molecule has 3 aromatic rings. The van der Waals surface area contributed by atoms with Crippen LogP contribution in [-0.2, 0) is 10.0 Å². The molecule has 0 spiro atoms. The fourth-order valence-corrected chi connectivity index (χ4v) is 9.05. The monoisotopic (exact) mass is 634 g/mol. The Morgan fingerprint density at radius 2 is 1.60 bits per heavy atom. The van der Waals surface area contributed by atoms with E-state index in [0.717, 1.165) is 38.0 Å². The average molecular weight is 635 g/mol. The summed E-state index contributed by atoms with van der Waals surface area (Å²) in [5.74, 6) is -0.219. The van der Waals surface area contributed by atoms with Crippen LogP contribution in [0.1, 0.15) is 60.0 Å². The van der Waals surface area contributed by atoms with Crippen LogP contribution < -0.4 is 0 Å². The second-order valence-corrected chi connectivity index (χ2v) is 15.1. The van der Waals surface area contributed by atoms with Gasteiger partial charge in [-0.25, -0.2) is 22.8 Å². The molecule has 3 fully saturated rings. The molecule has 9 nitrogen and oxygen atoms in total. The summed E-state index contributed by atoms with van der Waals surface area (Å²) in [6.07, 6.45) is 3.25. The number of carbonyl (C=O) groups is 1. The summed E-state index contributed by atoms with van der Waals surface area (Å²) >= 11 is 0. The van der Waals surface area contributed by atoms with E-state index in [1.165, 1.54) is 12.4 Å². The van der Waals surface area contributed by atoms with Gasteiger partial charge in [0.05, 0.1) is 21.8 Å². The number of aryl methyl sites for hydroxylation is 2. The van der Waals surface area contributed by atoms with Gasteiger partial charge in [0.1, 0.15) is 12.1 Å². The number of rotatable bonds is 7. The summed E-state index contributed by atoms with van der Waals surface area (Å²) in [7, 11) is -3.57. The van der Waals surface area contributed by atoms with Crippen LogP contribution in [0.2, 0.25) is 0 Å². The highest BCUT2D eigenvalue weighted by Gasteiger charge is 2.47. The topological polar surface area (TPSA) is 90.0 Å². The first kappa shape index (κ1) is 31.7. The molecule has 0 saturated carbocycles. The van der Waals surface area contributed by atoms with Gasteiger partial charge in [0.25, 0.3) is 5.91 Å². The standard InChI is InChI=1S/C34H43FN6O3S/c1-24-20-39(34(4)13-15-38(16-14-34)33(42)31-25(2)36-23-37-26(31)3)17-18-41(24)32(27-9-8-10-29(35)19-27)28-21-40(22-28)45(43,44)30-11-6-5-7-12-30/h5-12,19,23-24,28,32H,13-18,20-22H2,1-4H3/t24-,32-/m0/s1. The number of hydrogen-bond donors (Lipinski definition) is 0. The number of aromatic nitrogens is 2. The fraction of sp³-hybridized carbons (Fsp3) is 0.500. The summed E-state index contributed by atoms with van der Waals surface area (Å²) in [6, 6.07) is 15.4. The third-order valence-corrected chi connectivity index (χ3v) is 12.1. The molecule has 0 radical (unpaired) electrons. The number of piperidine rings is 1. The van der Waals surface area contributed by atoms with E-state index in [2.05, 4.69) is 33.6 Å². The highest BCUT2D eigenvalue weighted by atomic mass is 32.2. The maximum Gasteiger partial charge on any atom is 0.257 e. The van der Waals surface area contributed by atoms with Gasteiger partial charge in [0.15, 0.2) is 0 Å². The summed E-state index contributed by atoms with van der Waals surface area (Å²) < 4.78 is 42.6. The van der Waals surface area contributed by atoms with Crippen LogP contribution in [0.25, 0.3) is 0 Å². The van der Waals surface area contributed by atoms with Gasteiger partial charge in [-0.15, -0.1) is 0 Å².